The summed E-state index contributed by atoms with van der Waals surface area (Å²) >= 11 is 0. The number of esters is 1. The highest BCUT2D eigenvalue weighted by Crippen LogP contribution is 2.24. The number of aliphatic hydroxyl groups is 1. The molecule has 2 aromatic carbocycles. The van der Waals surface area contributed by atoms with Crippen molar-refractivity contribution in [2.24, 2.45) is 0 Å². The van der Waals surface area contributed by atoms with E-state index in [0.717, 1.165) is 47.1 Å². The van der Waals surface area contributed by atoms with Crippen molar-refractivity contribution in [3.63, 3.8) is 0 Å². The topological polar surface area (TPSA) is 64.3 Å². The molecule has 0 saturated heterocycles. The van der Waals surface area contributed by atoms with Gasteiger partial charge in [0.1, 0.15) is 6.61 Å². The van der Waals surface area contributed by atoms with E-state index in [2.05, 4.69) is 48.0 Å². The number of aliphatic hydroxyl groups excluding tert-OH is 1. The molecular formula is C28H30N2O3. The van der Waals surface area contributed by atoms with Crippen LogP contribution in [0, 0.1) is 0 Å². The third-order valence-electron chi connectivity index (χ3n) is 5.73. The minimum atomic E-state index is -0.785. The van der Waals surface area contributed by atoms with Crippen molar-refractivity contribution in [2.75, 3.05) is 6.61 Å². The Labute approximate surface area is 194 Å². The summed E-state index contributed by atoms with van der Waals surface area (Å²) in [5.74, 6) is -0.425. The smallest absolute Gasteiger partial charge is 0.338 e. The lowest BCUT2D eigenvalue weighted by Crippen LogP contribution is -2.20. The summed E-state index contributed by atoms with van der Waals surface area (Å²) in [6.07, 6.45) is 4.98. The number of rotatable bonds is 10. The van der Waals surface area contributed by atoms with Crippen molar-refractivity contribution in [2.45, 2.75) is 45.3 Å². The largest absolute Gasteiger partial charge is 0.459 e. The summed E-state index contributed by atoms with van der Waals surface area (Å²) in [5, 5.41) is 11.7. The van der Waals surface area contributed by atoms with Crippen LogP contribution in [0.5, 0.6) is 0 Å². The number of fused-ring (bicyclic) bond motifs is 1. The molecule has 0 radical (unpaired) electrons. The molecule has 33 heavy (non-hydrogen) atoms. The first kappa shape index (κ1) is 22.7. The number of hydrogen-bond acceptors (Lipinski definition) is 4. The highest BCUT2D eigenvalue weighted by molar-refractivity contribution is 5.89. The lowest BCUT2D eigenvalue weighted by Gasteiger charge is -2.11. The zero-order valence-corrected chi connectivity index (χ0v) is 19.0. The molecule has 4 rings (SSSR count). The average molecular weight is 443 g/mol. The van der Waals surface area contributed by atoms with Crippen LogP contribution in [-0.2, 0) is 24.1 Å². The molecule has 2 aromatic heterocycles. The number of pyridine rings is 1. The van der Waals surface area contributed by atoms with E-state index in [1.807, 2.05) is 18.2 Å². The van der Waals surface area contributed by atoms with Crippen molar-refractivity contribution < 1.29 is 14.6 Å². The zero-order chi connectivity index (χ0) is 23.0. The van der Waals surface area contributed by atoms with Gasteiger partial charge in [0.15, 0.2) is 0 Å². The first-order valence-corrected chi connectivity index (χ1v) is 11.6. The summed E-state index contributed by atoms with van der Waals surface area (Å²) in [6, 6.07) is 23.2. The number of aryl methyl sites for hydroxylation is 1. The van der Waals surface area contributed by atoms with Gasteiger partial charge in [-0.05, 0) is 48.7 Å². The van der Waals surface area contributed by atoms with Gasteiger partial charge in [-0.1, -0.05) is 55.8 Å². The molecule has 0 fully saturated rings. The summed E-state index contributed by atoms with van der Waals surface area (Å²) in [4.78, 5) is 17.0. The van der Waals surface area contributed by atoms with Crippen LogP contribution in [0.15, 0.2) is 79.0 Å². The van der Waals surface area contributed by atoms with Gasteiger partial charge < -0.3 is 14.4 Å². The standard InChI is InChI=1S/C28H30N2O3/c1-2-3-12-23-13-9-14-24(29-23)19-30-18-22(26-15-7-8-16-27(26)30)17-25(31)20-33-28(32)21-10-5-4-6-11-21/h4-11,13-16,18,25,31H,2-3,12,17,19-20H2,1H3/t25-/m0/s1. The third kappa shape index (κ3) is 5.88. The predicted molar refractivity (Wildman–Crippen MR) is 130 cm³/mol. The van der Waals surface area contributed by atoms with E-state index in [4.69, 9.17) is 9.72 Å². The minimum Gasteiger partial charge on any atom is -0.459 e. The lowest BCUT2D eigenvalue weighted by atomic mass is 10.1. The fourth-order valence-corrected chi connectivity index (χ4v) is 4.05. The maximum Gasteiger partial charge on any atom is 0.338 e. The van der Waals surface area contributed by atoms with E-state index in [-0.39, 0.29) is 6.61 Å². The van der Waals surface area contributed by atoms with Crippen LogP contribution in [0.4, 0.5) is 0 Å². The van der Waals surface area contributed by atoms with Crippen molar-refractivity contribution >= 4 is 16.9 Å². The Bertz CT molecular complexity index is 1200. The maximum absolute atomic E-state index is 12.2. The SMILES string of the molecule is CCCCc1cccc(Cn2cc(C[C@H](O)COC(=O)c3ccccc3)c3ccccc32)n1. The number of carbonyl (C=O) groups excluding carboxylic acids is 1. The van der Waals surface area contributed by atoms with Crippen LogP contribution in [0.2, 0.25) is 0 Å². The molecule has 1 atom stereocenters. The van der Waals surface area contributed by atoms with Gasteiger partial charge in [-0.25, -0.2) is 4.79 Å². The maximum atomic E-state index is 12.2. The molecule has 0 aliphatic carbocycles. The zero-order valence-electron chi connectivity index (χ0n) is 19.0. The van der Waals surface area contributed by atoms with Gasteiger partial charge in [0.2, 0.25) is 0 Å². The van der Waals surface area contributed by atoms with Gasteiger partial charge in [-0.3, -0.25) is 4.98 Å². The number of carbonyl (C=O) groups is 1. The Morgan fingerprint density at radius 3 is 2.58 bits per heavy atom. The highest BCUT2D eigenvalue weighted by Gasteiger charge is 2.15. The fourth-order valence-electron chi connectivity index (χ4n) is 4.05. The van der Waals surface area contributed by atoms with E-state index < -0.39 is 12.1 Å². The molecule has 0 unspecified atom stereocenters. The van der Waals surface area contributed by atoms with Crippen LogP contribution >= 0.6 is 0 Å². The summed E-state index contributed by atoms with van der Waals surface area (Å²) in [6.45, 7) is 2.81. The molecule has 5 nitrogen and oxygen atoms in total. The molecule has 0 aliphatic rings. The van der Waals surface area contributed by atoms with E-state index >= 15 is 0 Å². The van der Waals surface area contributed by atoms with E-state index in [9.17, 15) is 9.90 Å². The molecule has 5 heteroatoms. The number of para-hydroxylation sites is 1. The molecule has 0 amide bonds. The number of hydrogen-bond donors (Lipinski definition) is 1. The second-order valence-corrected chi connectivity index (χ2v) is 8.35. The number of aromatic nitrogens is 2. The van der Waals surface area contributed by atoms with E-state index in [1.54, 1.807) is 24.3 Å². The number of nitrogens with zero attached hydrogens (tertiary/aromatic N) is 2. The molecule has 0 aliphatic heterocycles. The Hall–Kier alpha value is -3.44. The van der Waals surface area contributed by atoms with Crippen molar-refractivity contribution in [3.8, 4) is 0 Å². The Balaban J connectivity index is 1.46. The third-order valence-corrected chi connectivity index (χ3v) is 5.73. The molecule has 0 bridgehead atoms. The molecule has 2 heterocycles. The monoisotopic (exact) mass is 442 g/mol. The van der Waals surface area contributed by atoms with Gasteiger partial charge in [0, 0.05) is 29.2 Å². The summed E-state index contributed by atoms with van der Waals surface area (Å²) in [7, 11) is 0. The normalized spacial score (nSPS) is 12.1. The van der Waals surface area contributed by atoms with Gasteiger partial charge in [0.05, 0.1) is 23.9 Å². The van der Waals surface area contributed by atoms with Crippen LogP contribution < -0.4 is 0 Å². The van der Waals surface area contributed by atoms with E-state index in [1.165, 1.54) is 0 Å². The van der Waals surface area contributed by atoms with Crippen LogP contribution in [0.25, 0.3) is 10.9 Å². The molecular weight excluding hydrogens is 412 g/mol. The van der Waals surface area contributed by atoms with Gasteiger partial charge in [-0.2, -0.15) is 0 Å². The molecule has 170 valence electrons. The van der Waals surface area contributed by atoms with Crippen LogP contribution in [-0.4, -0.2) is 33.3 Å². The highest BCUT2D eigenvalue weighted by atomic mass is 16.5. The van der Waals surface area contributed by atoms with Gasteiger partial charge in [0.25, 0.3) is 0 Å². The number of unbranched alkanes of at least 4 members (excludes halogenated alkanes) is 1. The van der Waals surface area contributed by atoms with Crippen molar-refractivity contribution in [3.05, 3.63) is 102 Å². The molecule has 0 saturated carbocycles. The fraction of sp³-hybridized carbons (Fsp3) is 0.286. The molecule has 0 spiro atoms. The Morgan fingerprint density at radius 2 is 1.76 bits per heavy atom. The lowest BCUT2D eigenvalue weighted by molar-refractivity contribution is 0.0259. The van der Waals surface area contributed by atoms with E-state index in [0.29, 0.717) is 18.5 Å². The van der Waals surface area contributed by atoms with Gasteiger partial charge >= 0.3 is 5.97 Å². The van der Waals surface area contributed by atoms with Crippen molar-refractivity contribution in [1.82, 2.24) is 9.55 Å². The van der Waals surface area contributed by atoms with Crippen LogP contribution in [0.1, 0.15) is 47.1 Å². The first-order chi connectivity index (χ1) is 16.1. The summed E-state index contributed by atoms with van der Waals surface area (Å²) < 4.78 is 7.50. The van der Waals surface area contributed by atoms with Crippen molar-refractivity contribution in [1.29, 1.82) is 0 Å². The predicted octanol–water partition coefficient (Wildman–Crippen LogP) is 5.19. The molecule has 1 N–H and O–H groups in total. The number of ether oxygens (including phenoxy) is 1. The second-order valence-electron chi connectivity index (χ2n) is 8.35. The molecule has 4 aromatic rings. The Morgan fingerprint density at radius 1 is 1.00 bits per heavy atom. The van der Waals surface area contributed by atoms with Gasteiger partial charge in [-0.15, -0.1) is 0 Å². The van der Waals surface area contributed by atoms with Crippen LogP contribution in [0.3, 0.4) is 0 Å². The Kier molecular flexibility index (Phi) is 7.53. The second kappa shape index (κ2) is 10.9. The average Bonchev–Trinajstić information content (AvgIpc) is 3.19. The number of benzene rings is 2. The minimum absolute atomic E-state index is 0.0474. The first-order valence-electron chi connectivity index (χ1n) is 11.6. The summed E-state index contributed by atoms with van der Waals surface area (Å²) in [5.41, 5.74) is 4.75. The quantitative estimate of drug-likeness (QED) is 0.343.